The Morgan fingerprint density at radius 3 is 2.63 bits per heavy atom. The van der Waals surface area contributed by atoms with Gasteiger partial charge in [0.25, 0.3) is 11.5 Å². The number of amides is 2. The minimum Gasteiger partial charge on any atom is -0.507 e. The van der Waals surface area contributed by atoms with Gasteiger partial charge >= 0.3 is 0 Å². The first-order valence-corrected chi connectivity index (χ1v) is 6.05. The molecule has 7 heteroatoms. The molecular weight excluding hydrogens is 250 g/mol. The number of imide groups is 1. The standard InChI is InChI=1S/C12H15N3O4/c16-9-5-10(17)14-6-8(9)12(19)15-11(18)7-1-3-13-4-2-7/h5-7,13H,1-4H2,(H2,14,16,17)(H,15,18,19). The van der Waals surface area contributed by atoms with Crippen LogP contribution in [0.5, 0.6) is 5.75 Å². The zero-order chi connectivity index (χ0) is 13.8. The second kappa shape index (κ2) is 5.66. The van der Waals surface area contributed by atoms with Crippen LogP contribution in [0.25, 0.3) is 0 Å². The van der Waals surface area contributed by atoms with Crippen LogP contribution in [0.4, 0.5) is 0 Å². The third-order valence-corrected chi connectivity index (χ3v) is 3.09. The smallest absolute Gasteiger partial charge is 0.263 e. The summed E-state index contributed by atoms with van der Waals surface area (Å²) in [7, 11) is 0. The molecular formula is C12H15N3O4. The molecule has 2 rings (SSSR count). The maximum Gasteiger partial charge on any atom is 0.263 e. The lowest BCUT2D eigenvalue weighted by Gasteiger charge is -2.21. The van der Waals surface area contributed by atoms with Gasteiger partial charge in [-0.15, -0.1) is 0 Å². The molecule has 0 radical (unpaired) electrons. The third kappa shape index (κ3) is 3.19. The van der Waals surface area contributed by atoms with Crippen LogP contribution in [0.1, 0.15) is 23.2 Å². The van der Waals surface area contributed by atoms with E-state index in [9.17, 15) is 19.5 Å². The second-order valence-electron chi connectivity index (χ2n) is 4.44. The number of aromatic nitrogens is 1. The number of pyridine rings is 1. The largest absolute Gasteiger partial charge is 0.507 e. The molecule has 0 spiro atoms. The van der Waals surface area contributed by atoms with Gasteiger partial charge in [-0.3, -0.25) is 19.7 Å². The molecule has 0 bridgehead atoms. The molecule has 19 heavy (non-hydrogen) atoms. The molecule has 4 N–H and O–H groups in total. The number of piperidine rings is 1. The highest BCUT2D eigenvalue weighted by atomic mass is 16.3. The van der Waals surface area contributed by atoms with E-state index in [-0.39, 0.29) is 17.4 Å². The molecule has 7 nitrogen and oxygen atoms in total. The molecule has 1 aliphatic heterocycles. The molecule has 0 aromatic carbocycles. The van der Waals surface area contributed by atoms with Gasteiger partial charge in [-0.25, -0.2) is 0 Å². The molecule has 1 aromatic heterocycles. The van der Waals surface area contributed by atoms with Gasteiger partial charge in [0, 0.05) is 18.2 Å². The van der Waals surface area contributed by atoms with E-state index < -0.39 is 17.2 Å². The Labute approximate surface area is 109 Å². The first-order valence-electron chi connectivity index (χ1n) is 6.05. The van der Waals surface area contributed by atoms with Crippen LogP contribution in [0, 0.1) is 5.92 Å². The number of aromatic hydroxyl groups is 1. The summed E-state index contributed by atoms with van der Waals surface area (Å²) >= 11 is 0. The maximum atomic E-state index is 11.8. The Kier molecular flexibility index (Phi) is 3.96. The van der Waals surface area contributed by atoms with E-state index in [0.717, 1.165) is 25.4 Å². The lowest BCUT2D eigenvalue weighted by molar-refractivity contribution is -0.124. The van der Waals surface area contributed by atoms with Crippen molar-refractivity contribution >= 4 is 11.8 Å². The fourth-order valence-corrected chi connectivity index (χ4v) is 2.01. The molecule has 0 atom stereocenters. The first kappa shape index (κ1) is 13.3. The van der Waals surface area contributed by atoms with Crippen LogP contribution < -0.4 is 16.2 Å². The lowest BCUT2D eigenvalue weighted by Crippen LogP contribution is -2.40. The number of aromatic amines is 1. The number of rotatable bonds is 2. The summed E-state index contributed by atoms with van der Waals surface area (Å²) in [6.07, 6.45) is 2.44. The molecule has 2 amide bonds. The third-order valence-electron chi connectivity index (χ3n) is 3.09. The predicted octanol–water partition coefficient (Wildman–Crippen LogP) is -0.663. The minimum atomic E-state index is -0.711. The first-order chi connectivity index (χ1) is 9.08. The van der Waals surface area contributed by atoms with E-state index in [0.29, 0.717) is 12.8 Å². The lowest BCUT2D eigenvalue weighted by atomic mass is 9.97. The van der Waals surface area contributed by atoms with Crippen LogP contribution >= 0.6 is 0 Å². The summed E-state index contributed by atoms with van der Waals surface area (Å²) in [5.74, 6) is -1.70. The number of carbonyl (C=O) groups excluding carboxylic acids is 2. The zero-order valence-corrected chi connectivity index (χ0v) is 10.2. The van der Waals surface area contributed by atoms with E-state index in [1.54, 1.807) is 0 Å². The quantitative estimate of drug-likeness (QED) is 0.530. The van der Waals surface area contributed by atoms with Crippen molar-refractivity contribution in [2.75, 3.05) is 13.1 Å². The van der Waals surface area contributed by atoms with Gasteiger partial charge in [-0.05, 0) is 25.9 Å². The number of hydrogen-bond donors (Lipinski definition) is 4. The van der Waals surface area contributed by atoms with Crippen molar-refractivity contribution in [2.45, 2.75) is 12.8 Å². The monoisotopic (exact) mass is 265 g/mol. The molecule has 0 unspecified atom stereocenters. The van der Waals surface area contributed by atoms with Gasteiger partial charge in [0.2, 0.25) is 5.91 Å². The van der Waals surface area contributed by atoms with E-state index >= 15 is 0 Å². The maximum absolute atomic E-state index is 11.8. The highest BCUT2D eigenvalue weighted by Gasteiger charge is 2.23. The van der Waals surface area contributed by atoms with Gasteiger partial charge in [0.15, 0.2) is 0 Å². The summed E-state index contributed by atoms with van der Waals surface area (Å²) in [5, 5.41) is 14.8. The van der Waals surface area contributed by atoms with Crippen LogP contribution in [0.15, 0.2) is 17.1 Å². The number of H-pyrrole nitrogens is 1. The van der Waals surface area contributed by atoms with Gasteiger partial charge in [-0.2, -0.15) is 0 Å². The van der Waals surface area contributed by atoms with Crippen LogP contribution in [0.2, 0.25) is 0 Å². The molecule has 102 valence electrons. The van der Waals surface area contributed by atoms with Crippen molar-refractivity contribution in [1.82, 2.24) is 15.6 Å². The van der Waals surface area contributed by atoms with Gasteiger partial charge in [0.1, 0.15) is 5.75 Å². The van der Waals surface area contributed by atoms with Crippen molar-refractivity contribution in [3.8, 4) is 5.75 Å². The fraction of sp³-hybridized carbons (Fsp3) is 0.417. The Bertz CT molecular complexity index is 546. The van der Waals surface area contributed by atoms with Crippen molar-refractivity contribution in [3.05, 3.63) is 28.2 Å². The Morgan fingerprint density at radius 2 is 2.00 bits per heavy atom. The molecule has 1 fully saturated rings. The van der Waals surface area contributed by atoms with Gasteiger partial charge in [0.05, 0.1) is 5.56 Å². The Balaban J connectivity index is 2.04. The Morgan fingerprint density at radius 1 is 1.32 bits per heavy atom. The van der Waals surface area contributed by atoms with Crippen molar-refractivity contribution in [3.63, 3.8) is 0 Å². The van der Waals surface area contributed by atoms with E-state index in [4.69, 9.17) is 0 Å². The number of hydrogen-bond acceptors (Lipinski definition) is 5. The highest BCUT2D eigenvalue weighted by molar-refractivity contribution is 6.06. The van der Waals surface area contributed by atoms with E-state index in [2.05, 4.69) is 15.6 Å². The predicted molar refractivity (Wildman–Crippen MR) is 66.8 cm³/mol. The number of nitrogens with one attached hydrogen (secondary N) is 3. The van der Waals surface area contributed by atoms with Gasteiger partial charge < -0.3 is 15.4 Å². The normalized spacial score (nSPS) is 16.0. The van der Waals surface area contributed by atoms with Crippen molar-refractivity contribution in [2.24, 2.45) is 5.92 Å². The van der Waals surface area contributed by atoms with Crippen LogP contribution in [-0.2, 0) is 4.79 Å². The summed E-state index contributed by atoms with van der Waals surface area (Å²) in [6, 6.07) is 0.893. The Hall–Kier alpha value is -2.15. The van der Waals surface area contributed by atoms with E-state index in [1.807, 2.05) is 0 Å². The second-order valence-corrected chi connectivity index (χ2v) is 4.44. The fourth-order valence-electron chi connectivity index (χ4n) is 2.01. The van der Waals surface area contributed by atoms with Crippen molar-refractivity contribution in [1.29, 1.82) is 0 Å². The summed E-state index contributed by atoms with van der Waals surface area (Å²) in [4.78, 5) is 36.8. The molecule has 1 aliphatic rings. The summed E-state index contributed by atoms with van der Waals surface area (Å²) in [5.41, 5.74) is -0.638. The van der Waals surface area contributed by atoms with Gasteiger partial charge in [-0.1, -0.05) is 0 Å². The zero-order valence-electron chi connectivity index (χ0n) is 10.2. The molecule has 1 saturated heterocycles. The topological polar surface area (TPSA) is 111 Å². The average molecular weight is 265 g/mol. The minimum absolute atomic E-state index is 0.123. The van der Waals surface area contributed by atoms with E-state index in [1.165, 1.54) is 0 Å². The molecule has 2 heterocycles. The van der Waals surface area contributed by atoms with Crippen molar-refractivity contribution < 1.29 is 14.7 Å². The molecule has 1 aromatic rings. The average Bonchev–Trinajstić information content (AvgIpc) is 2.39. The summed E-state index contributed by atoms with van der Waals surface area (Å²) in [6.45, 7) is 1.49. The highest BCUT2D eigenvalue weighted by Crippen LogP contribution is 2.14. The molecule has 0 aliphatic carbocycles. The summed E-state index contributed by atoms with van der Waals surface area (Å²) < 4.78 is 0. The SMILES string of the molecule is O=C(NC(=O)C1CCNCC1)c1c[nH]c(=O)cc1O. The van der Waals surface area contributed by atoms with Crippen LogP contribution in [-0.4, -0.2) is 35.0 Å². The number of carbonyl (C=O) groups is 2. The molecule has 0 saturated carbocycles. The van der Waals surface area contributed by atoms with Crippen LogP contribution in [0.3, 0.4) is 0 Å².